The monoisotopic (exact) mass is 404 g/mol. The maximum atomic E-state index is 14.5. The van der Waals surface area contributed by atoms with Crippen LogP contribution in [0.1, 0.15) is 28.5 Å². The third-order valence-corrected chi connectivity index (χ3v) is 6.21. The van der Waals surface area contributed by atoms with Crippen molar-refractivity contribution in [2.45, 2.75) is 37.3 Å². The fraction of sp³-hybridized carbons (Fsp3) is 0.333. The minimum Gasteiger partial charge on any atom is -0.507 e. The highest BCUT2D eigenvalue weighted by Gasteiger charge is 2.38. The average molecular weight is 404 g/mol. The number of hydrogen-bond acceptors (Lipinski definition) is 6. The van der Waals surface area contributed by atoms with Gasteiger partial charge in [0.25, 0.3) is 0 Å². The summed E-state index contributed by atoms with van der Waals surface area (Å²) in [5, 5.41) is 41.0. The van der Waals surface area contributed by atoms with Crippen LogP contribution >= 0.6 is 11.3 Å². The second-order valence-electron chi connectivity index (χ2n) is 7.08. The molecule has 2 aromatic carbocycles. The van der Waals surface area contributed by atoms with Gasteiger partial charge in [-0.05, 0) is 29.1 Å². The van der Waals surface area contributed by atoms with E-state index in [2.05, 4.69) is 0 Å². The molecule has 4 atom stereocenters. The first-order chi connectivity index (χ1) is 13.5. The fourth-order valence-corrected chi connectivity index (χ4v) is 4.72. The van der Waals surface area contributed by atoms with Crippen molar-refractivity contribution in [1.82, 2.24) is 0 Å². The van der Waals surface area contributed by atoms with Crippen LogP contribution in [0.4, 0.5) is 4.39 Å². The van der Waals surface area contributed by atoms with Crippen LogP contribution in [0, 0.1) is 5.82 Å². The third kappa shape index (κ3) is 3.64. The molecular formula is C21H21FO5S. The number of ether oxygens (including phenoxy) is 1. The van der Waals surface area contributed by atoms with Gasteiger partial charge in [0.1, 0.15) is 23.8 Å². The zero-order valence-corrected chi connectivity index (χ0v) is 15.8. The lowest BCUT2D eigenvalue weighted by Gasteiger charge is -2.37. The van der Waals surface area contributed by atoms with E-state index in [0.29, 0.717) is 12.0 Å². The lowest BCUT2D eigenvalue weighted by atomic mass is 9.91. The summed E-state index contributed by atoms with van der Waals surface area (Å²) in [6.07, 6.45) is -3.69. The fourth-order valence-electron chi connectivity index (χ4n) is 3.63. The number of halogens is 1. The second kappa shape index (κ2) is 7.77. The van der Waals surface area contributed by atoms with E-state index in [1.54, 1.807) is 11.3 Å². The van der Waals surface area contributed by atoms with Crippen LogP contribution < -0.4 is 0 Å². The van der Waals surface area contributed by atoms with Crippen molar-refractivity contribution < 1.29 is 29.6 Å². The predicted molar refractivity (Wildman–Crippen MR) is 104 cm³/mol. The Labute approximate surface area is 165 Å². The molecule has 7 heteroatoms. The smallest absolute Gasteiger partial charge is 0.130 e. The molecule has 1 saturated heterocycles. The zero-order valence-electron chi connectivity index (χ0n) is 15.0. The van der Waals surface area contributed by atoms with Crippen molar-refractivity contribution >= 4 is 21.4 Å². The molecule has 1 fully saturated rings. The van der Waals surface area contributed by atoms with Gasteiger partial charge in [-0.25, -0.2) is 4.39 Å². The number of benzene rings is 2. The first-order valence-corrected chi connectivity index (χ1v) is 9.89. The molecule has 1 aromatic heterocycles. The summed E-state index contributed by atoms with van der Waals surface area (Å²) in [7, 11) is 0. The molecule has 3 aromatic rings. The number of aliphatic hydroxyl groups excluding tert-OH is 3. The van der Waals surface area contributed by atoms with E-state index in [9.17, 15) is 24.8 Å². The Balaban J connectivity index is 1.67. The SMILES string of the molecule is OC[C@@H]1C[C@H](O)C(O)[C@H](c2cc(Cc3cc4ccccc4s3)c(F)cc2O)O1. The molecule has 0 bridgehead atoms. The summed E-state index contributed by atoms with van der Waals surface area (Å²) in [5.41, 5.74) is 0.554. The van der Waals surface area contributed by atoms with Crippen molar-refractivity contribution in [3.8, 4) is 5.75 Å². The summed E-state index contributed by atoms with van der Waals surface area (Å²) in [5.74, 6) is -0.907. The Kier molecular flexibility index (Phi) is 5.35. The Bertz CT molecular complexity index is 955. The molecule has 1 aliphatic heterocycles. The molecule has 0 radical (unpaired) electrons. The molecule has 1 aliphatic rings. The van der Waals surface area contributed by atoms with Gasteiger partial charge < -0.3 is 25.2 Å². The number of aliphatic hydroxyl groups is 3. The third-order valence-electron chi connectivity index (χ3n) is 5.09. The summed E-state index contributed by atoms with van der Waals surface area (Å²) in [6, 6.07) is 12.4. The van der Waals surface area contributed by atoms with Crippen LogP contribution in [0.5, 0.6) is 5.75 Å². The van der Waals surface area contributed by atoms with Gasteiger partial charge in [0.05, 0.1) is 18.8 Å². The Hall–Kier alpha value is -2.03. The van der Waals surface area contributed by atoms with Gasteiger partial charge in [-0.2, -0.15) is 0 Å². The van der Waals surface area contributed by atoms with E-state index in [-0.39, 0.29) is 24.3 Å². The van der Waals surface area contributed by atoms with Crippen LogP contribution in [-0.4, -0.2) is 45.3 Å². The van der Waals surface area contributed by atoms with Crippen molar-refractivity contribution in [1.29, 1.82) is 0 Å². The van der Waals surface area contributed by atoms with Crippen LogP contribution in [0.25, 0.3) is 10.1 Å². The molecule has 2 heterocycles. The van der Waals surface area contributed by atoms with Crippen molar-refractivity contribution in [3.63, 3.8) is 0 Å². The first-order valence-electron chi connectivity index (χ1n) is 9.07. The number of thiophene rings is 1. The molecular weight excluding hydrogens is 383 g/mol. The van der Waals surface area contributed by atoms with Gasteiger partial charge >= 0.3 is 0 Å². The van der Waals surface area contributed by atoms with Crippen LogP contribution in [0.15, 0.2) is 42.5 Å². The first kappa shape index (κ1) is 19.3. The molecule has 1 unspecified atom stereocenters. The number of aromatic hydroxyl groups is 1. The van der Waals surface area contributed by atoms with E-state index < -0.39 is 30.2 Å². The Morgan fingerprint density at radius 2 is 1.93 bits per heavy atom. The number of fused-ring (bicyclic) bond motifs is 1. The lowest BCUT2D eigenvalue weighted by Crippen LogP contribution is -2.44. The van der Waals surface area contributed by atoms with Crippen LogP contribution in [0.2, 0.25) is 0 Å². The van der Waals surface area contributed by atoms with E-state index in [1.165, 1.54) is 6.07 Å². The highest BCUT2D eigenvalue weighted by Crippen LogP contribution is 2.38. The largest absolute Gasteiger partial charge is 0.507 e. The molecule has 5 nitrogen and oxygen atoms in total. The normalized spacial score (nSPS) is 25.3. The summed E-state index contributed by atoms with van der Waals surface area (Å²) < 4.78 is 21.3. The highest BCUT2D eigenvalue weighted by molar-refractivity contribution is 7.19. The van der Waals surface area contributed by atoms with Gasteiger partial charge in [0.15, 0.2) is 0 Å². The standard InChI is InChI=1S/C21H21FO5S/c22-16-9-17(24)15(21-20(26)18(25)8-13(10-23)27-21)7-12(16)6-14-5-11-3-1-2-4-19(11)28-14/h1-5,7,9,13,18,20-21,23-26H,6,8,10H2/t13-,18-,20?,21-/m0/s1. The van der Waals surface area contributed by atoms with Crippen LogP contribution in [-0.2, 0) is 11.2 Å². The molecule has 0 saturated carbocycles. The minimum atomic E-state index is -1.28. The highest BCUT2D eigenvalue weighted by atomic mass is 32.1. The van der Waals surface area contributed by atoms with E-state index >= 15 is 0 Å². The maximum absolute atomic E-state index is 14.5. The van der Waals surface area contributed by atoms with Crippen LogP contribution in [0.3, 0.4) is 0 Å². The zero-order chi connectivity index (χ0) is 19.8. The van der Waals surface area contributed by atoms with E-state index in [1.807, 2.05) is 30.3 Å². The average Bonchev–Trinajstić information content (AvgIpc) is 3.08. The lowest BCUT2D eigenvalue weighted by molar-refractivity contribution is -0.180. The predicted octanol–water partition coefficient (Wildman–Crippen LogP) is 2.88. The Morgan fingerprint density at radius 1 is 1.14 bits per heavy atom. The summed E-state index contributed by atoms with van der Waals surface area (Å²) in [6.45, 7) is -0.323. The van der Waals surface area contributed by atoms with Gasteiger partial charge in [0, 0.05) is 34.0 Å². The second-order valence-corrected chi connectivity index (χ2v) is 8.25. The summed E-state index contributed by atoms with van der Waals surface area (Å²) >= 11 is 1.57. The summed E-state index contributed by atoms with van der Waals surface area (Å²) in [4.78, 5) is 0.968. The number of rotatable bonds is 4. The number of phenolic OH excluding ortho intramolecular Hbond substituents is 1. The number of hydrogen-bond donors (Lipinski definition) is 4. The van der Waals surface area contributed by atoms with E-state index in [0.717, 1.165) is 21.0 Å². The molecule has 0 amide bonds. The van der Waals surface area contributed by atoms with E-state index in [4.69, 9.17) is 4.74 Å². The maximum Gasteiger partial charge on any atom is 0.130 e. The van der Waals surface area contributed by atoms with Gasteiger partial charge in [-0.3, -0.25) is 0 Å². The quantitative estimate of drug-likeness (QED) is 0.537. The minimum absolute atomic E-state index is 0.0881. The molecule has 148 valence electrons. The van der Waals surface area contributed by atoms with Crippen molar-refractivity contribution in [2.24, 2.45) is 0 Å². The molecule has 28 heavy (non-hydrogen) atoms. The van der Waals surface area contributed by atoms with Gasteiger partial charge in [0.2, 0.25) is 0 Å². The number of phenols is 1. The molecule has 4 N–H and O–H groups in total. The molecule has 0 aliphatic carbocycles. The molecule has 4 rings (SSSR count). The van der Waals surface area contributed by atoms with Crippen molar-refractivity contribution in [2.75, 3.05) is 6.61 Å². The topological polar surface area (TPSA) is 90.2 Å². The Morgan fingerprint density at radius 3 is 2.68 bits per heavy atom. The van der Waals surface area contributed by atoms with Gasteiger partial charge in [-0.15, -0.1) is 11.3 Å². The molecule has 0 spiro atoms. The van der Waals surface area contributed by atoms with Gasteiger partial charge in [-0.1, -0.05) is 18.2 Å². The van der Waals surface area contributed by atoms with Crippen molar-refractivity contribution in [3.05, 3.63) is 64.3 Å².